The fourth-order valence-electron chi connectivity index (χ4n) is 1.84. The summed E-state index contributed by atoms with van der Waals surface area (Å²) in [6.07, 6.45) is 1.57. The number of hydrogen-bond donors (Lipinski definition) is 3. The maximum atomic E-state index is 12.2. The first kappa shape index (κ1) is 13.3. The van der Waals surface area contributed by atoms with Crippen LogP contribution in [0.25, 0.3) is 10.8 Å². The number of carbonyl (C=O) groups excluding carboxylic acids is 1. The smallest absolute Gasteiger partial charge is 0.271 e. The number of amides is 1. The highest BCUT2D eigenvalue weighted by Gasteiger charge is 2.22. The van der Waals surface area contributed by atoms with Crippen LogP contribution < -0.4 is 11.1 Å². The number of aliphatic hydroxyl groups excluding tert-OH is 1. The van der Waals surface area contributed by atoms with Crippen molar-refractivity contribution >= 4 is 22.4 Å². The average molecular weight is 259 g/mol. The van der Waals surface area contributed by atoms with E-state index >= 15 is 0 Å². The SMILES string of the molecule is CC(C)(CO)NC(=O)c1nccc2cccc(N)c12. The van der Waals surface area contributed by atoms with Crippen molar-refractivity contribution in [1.82, 2.24) is 10.3 Å². The van der Waals surface area contributed by atoms with Gasteiger partial charge in [0.05, 0.1) is 12.1 Å². The largest absolute Gasteiger partial charge is 0.398 e. The fourth-order valence-corrected chi connectivity index (χ4v) is 1.84. The molecule has 5 heteroatoms. The monoisotopic (exact) mass is 259 g/mol. The van der Waals surface area contributed by atoms with Crippen LogP contribution in [0, 0.1) is 0 Å². The van der Waals surface area contributed by atoms with Crippen molar-refractivity contribution in [2.24, 2.45) is 0 Å². The zero-order valence-electron chi connectivity index (χ0n) is 11.0. The molecule has 0 spiro atoms. The summed E-state index contributed by atoms with van der Waals surface area (Å²) in [4.78, 5) is 16.4. The Balaban J connectivity index is 2.48. The Morgan fingerprint density at radius 2 is 2.16 bits per heavy atom. The minimum Gasteiger partial charge on any atom is -0.398 e. The zero-order chi connectivity index (χ0) is 14.0. The van der Waals surface area contributed by atoms with Crippen molar-refractivity contribution in [2.75, 3.05) is 12.3 Å². The highest BCUT2D eigenvalue weighted by molar-refractivity contribution is 6.09. The maximum Gasteiger partial charge on any atom is 0.271 e. The van der Waals surface area contributed by atoms with Crippen LogP contribution in [0.15, 0.2) is 30.5 Å². The van der Waals surface area contributed by atoms with Crippen LogP contribution in [-0.2, 0) is 0 Å². The molecule has 1 aromatic heterocycles. The molecular formula is C14H17N3O2. The van der Waals surface area contributed by atoms with Gasteiger partial charge in [-0.05, 0) is 31.4 Å². The summed E-state index contributed by atoms with van der Waals surface area (Å²) in [6.45, 7) is 3.32. The van der Waals surface area contributed by atoms with Gasteiger partial charge in [0.15, 0.2) is 0 Å². The number of nitrogen functional groups attached to an aromatic ring is 1. The Hall–Kier alpha value is -2.14. The molecule has 4 N–H and O–H groups in total. The molecule has 0 aliphatic heterocycles. The second kappa shape index (κ2) is 4.85. The molecule has 100 valence electrons. The lowest BCUT2D eigenvalue weighted by atomic mass is 10.0. The van der Waals surface area contributed by atoms with E-state index in [-0.39, 0.29) is 18.2 Å². The fraction of sp³-hybridized carbons (Fsp3) is 0.286. The number of aliphatic hydroxyl groups is 1. The second-order valence-electron chi connectivity index (χ2n) is 5.10. The van der Waals surface area contributed by atoms with Crippen LogP contribution in [0.3, 0.4) is 0 Å². The van der Waals surface area contributed by atoms with E-state index in [1.54, 1.807) is 32.2 Å². The molecular weight excluding hydrogens is 242 g/mol. The number of nitrogens with zero attached hydrogens (tertiary/aromatic N) is 1. The van der Waals surface area contributed by atoms with Crippen molar-refractivity contribution in [3.63, 3.8) is 0 Å². The molecule has 1 heterocycles. The number of rotatable bonds is 3. The van der Waals surface area contributed by atoms with Crippen LogP contribution >= 0.6 is 0 Å². The second-order valence-corrected chi connectivity index (χ2v) is 5.10. The molecule has 5 nitrogen and oxygen atoms in total. The van der Waals surface area contributed by atoms with Crippen molar-refractivity contribution in [3.05, 3.63) is 36.2 Å². The first-order chi connectivity index (χ1) is 8.94. The van der Waals surface area contributed by atoms with Crippen LogP contribution in [0.4, 0.5) is 5.69 Å². The van der Waals surface area contributed by atoms with Crippen LogP contribution in [0.5, 0.6) is 0 Å². The molecule has 0 atom stereocenters. The number of nitrogens with one attached hydrogen (secondary N) is 1. The summed E-state index contributed by atoms with van der Waals surface area (Å²) in [7, 11) is 0. The maximum absolute atomic E-state index is 12.2. The van der Waals surface area contributed by atoms with E-state index in [1.807, 2.05) is 12.1 Å². The van der Waals surface area contributed by atoms with Crippen molar-refractivity contribution in [2.45, 2.75) is 19.4 Å². The number of nitrogens with two attached hydrogens (primary N) is 1. The highest BCUT2D eigenvalue weighted by atomic mass is 16.3. The third-order valence-electron chi connectivity index (χ3n) is 2.89. The topological polar surface area (TPSA) is 88.2 Å². The van der Waals surface area contributed by atoms with Gasteiger partial charge in [0, 0.05) is 17.3 Å². The zero-order valence-corrected chi connectivity index (χ0v) is 11.0. The quantitative estimate of drug-likeness (QED) is 0.725. The number of carbonyl (C=O) groups is 1. The Morgan fingerprint density at radius 1 is 1.42 bits per heavy atom. The third-order valence-corrected chi connectivity index (χ3v) is 2.89. The van der Waals surface area contributed by atoms with E-state index < -0.39 is 5.54 Å². The normalized spacial score (nSPS) is 11.5. The van der Waals surface area contributed by atoms with Gasteiger partial charge in [-0.15, -0.1) is 0 Å². The van der Waals surface area contributed by atoms with Gasteiger partial charge in [-0.3, -0.25) is 9.78 Å². The molecule has 0 aliphatic rings. The number of pyridine rings is 1. The Labute approximate surface area is 111 Å². The molecule has 0 saturated carbocycles. The van der Waals surface area contributed by atoms with E-state index in [4.69, 9.17) is 5.73 Å². The Kier molecular flexibility index (Phi) is 3.40. The molecule has 0 unspecified atom stereocenters. The molecule has 19 heavy (non-hydrogen) atoms. The van der Waals surface area contributed by atoms with Crippen LogP contribution in [0.2, 0.25) is 0 Å². The first-order valence-electron chi connectivity index (χ1n) is 6.01. The van der Waals surface area contributed by atoms with E-state index in [2.05, 4.69) is 10.3 Å². The standard InChI is InChI=1S/C14H17N3O2/c1-14(2,8-18)17-13(19)12-11-9(6-7-16-12)4-3-5-10(11)15/h3-7,18H,8,15H2,1-2H3,(H,17,19). The molecule has 1 amide bonds. The van der Waals surface area contributed by atoms with E-state index in [1.165, 1.54) is 0 Å². The minimum atomic E-state index is -0.704. The predicted octanol–water partition coefficient (Wildman–Crippen LogP) is 1.32. The lowest BCUT2D eigenvalue weighted by Gasteiger charge is -2.23. The lowest BCUT2D eigenvalue weighted by Crippen LogP contribution is -2.46. The number of fused-ring (bicyclic) bond motifs is 1. The van der Waals surface area contributed by atoms with Gasteiger partial charge < -0.3 is 16.2 Å². The van der Waals surface area contributed by atoms with Crippen molar-refractivity contribution < 1.29 is 9.90 Å². The van der Waals surface area contributed by atoms with Gasteiger partial charge in [-0.25, -0.2) is 0 Å². The molecule has 0 bridgehead atoms. The van der Waals surface area contributed by atoms with Gasteiger partial charge in [-0.1, -0.05) is 12.1 Å². The van der Waals surface area contributed by atoms with E-state index in [9.17, 15) is 9.90 Å². The molecule has 0 saturated heterocycles. The van der Waals surface area contributed by atoms with E-state index in [0.717, 1.165) is 5.39 Å². The predicted molar refractivity (Wildman–Crippen MR) is 74.8 cm³/mol. The summed E-state index contributed by atoms with van der Waals surface area (Å²) in [5.41, 5.74) is 6.00. The molecule has 0 radical (unpaired) electrons. The van der Waals surface area contributed by atoms with Gasteiger partial charge in [0.25, 0.3) is 5.91 Å². The van der Waals surface area contributed by atoms with Gasteiger partial charge in [-0.2, -0.15) is 0 Å². The Bertz CT molecular complexity index is 618. The molecule has 0 aliphatic carbocycles. The van der Waals surface area contributed by atoms with Crippen molar-refractivity contribution in [1.29, 1.82) is 0 Å². The number of benzene rings is 1. The summed E-state index contributed by atoms with van der Waals surface area (Å²) < 4.78 is 0. The molecule has 2 aromatic rings. The average Bonchev–Trinajstić information content (AvgIpc) is 2.38. The van der Waals surface area contributed by atoms with Gasteiger partial charge in [0.1, 0.15) is 5.69 Å². The molecule has 0 fully saturated rings. The van der Waals surface area contributed by atoms with Gasteiger partial charge >= 0.3 is 0 Å². The number of anilines is 1. The molecule has 2 rings (SSSR count). The summed E-state index contributed by atoms with van der Waals surface area (Å²) in [5.74, 6) is -0.345. The first-order valence-corrected chi connectivity index (χ1v) is 6.01. The van der Waals surface area contributed by atoms with Crippen molar-refractivity contribution in [3.8, 4) is 0 Å². The highest BCUT2D eigenvalue weighted by Crippen LogP contribution is 2.23. The Morgan fingerprint density at radius 3 is 2.84 bits per heavy atom. The van der Waals surface area contributed by atoms with Crippen LogP contribution in [0.1, 0.15) is 24.3 Å². The summed E-state index contributed by atoms with van der Waals surface area (Å²) in [6, 6.07) is 7.25. The number of hydrogen-bond acceptors (Lipinski definition) is 4. The molecule has 1 aromatic carbocycles. The number of aromatic nitrogens is 1. The third kappa shape index (κ3) is 2.66. The summed E-state index contributed by atoms with van der Waals surface area (Å²) in [5, 5.41) is 13.4. The van der Waals surface area contributed by atoms with E-state index in [0.29, 0.717) is 11.1 Å². The van der Waals surface area contributed by atoms with Gasteiger partial charge in [0.2, 0.25) is 0 Å². The minimum absolute atomic E-state index is 0.154. The summed E-state index contributed by atoms with van der Waals surface area (Å²) >= 11 is 0. The van der Waals surface area contributed by atoms with Crippen LogP contribution in [-0.4, -0.2) is 28.1 Å². The lowest BCUT2D eigenvalue weighted by molar-refractivity contribution is 0.0866.